The summed E-state index contributed by atoms with van der Waals surface area (Å²) in [5.74, 6) is -0.805. The summed E-state index contributed by atoms with van der Waals surface area (Å²) in [4.78, 5) is 26.3. The molecule has 30 heavy (non-hydrogen) atoms. The molecule has 2 atom stereocenters. The largest absolute Gasteiger partial charge is 0.463 e. The highest BCUT2D eigenvalue weighted by molar-refractivity contribution is 6.31. The number of Topliss-reactive ketones (excluding diaryl/α,β-unsaturated/α-hetero) is 1. The van der Waals surface area contributed by atoms with Gasteiger partial charge >= 0.3 is 5.97 Å². The molecular formula is C25H24ClNO3. The molecule has 1 N–H and O–H groups in total. The fourth-order valence-corrected chi connectivity index (χ4v) is 4.74. The Kier molecular flexibility index (Phi) is 5.78. The number of halogens is 1. The highest BCUT2D eigenvalue weighted by Gasteiger charge is 2.41. The van der Waals surface area contributed by atoms with Gasteiger partial charge in [0, 0.05) is 34.3 Å². The standard InChI is InChI=1S/C25H24ClNO3/c1-3-30-25(29)22-15(2)27-20-13-17(16-9-5-4-6-10-16)14-21(28)24(20)23(22)18-11-7-8-12-19(18)26/h4-12,17,23,27H,3,13-14H2,1-2H3/t17-,23-/m1/s1. The Bertz CT molecular complexity index is 1060. The van der Waals surface area contributed by atoms with Crippen LogP contribution in [0, 0.1) is 0 Å². The summed E-state index contributed by atoms with van der Waals surface area (Å²) in [6, 6.07) is 17.5. The third-order valence-electron chi connectivity index (χ3n) is 5.81. The smallest absolute Gasteiger partial charge is 0.336 e. The second-order valence-electron chi connectivity index (χ2n) is 7.67. The van der Waals surface area contributed by atoms with Crippen molar-refractivity contribution in [3.8, 4) is 0 Å². The van der Waals surface area contributed by atoms with Gasteiger partial charge in [-0.3, -0.25) is 4.79 Å². The molecule has 0 saturated carbocycles. The lowest BCUT2D eigenvalue weighted by atomic mass is 9.71. The van der Waals surface area contributed by atoms with Crippen LogP contribution in [0.5, 0.6) is 0 Å². The van der Waals surface area contributed by atoms with E-state index in [-0.39, 0.29) is 18.3 Å². The van der Waals surface area contributed by atoms with Crippen molar-refractivity contribution in [1.29, 1.82) is 0 Å². The van der Waals surface area contributed by atoms with E-state index >= 15 is 0 Å². The van der Waals surface area contributed by atoms with Crippen LogP contribution in [-0.2, 0) is 14.3 Å². The zero-order chi connectivity index (χ0) is 21.3. The van der Waals surface area contributed by atoms with Gasteiger partial charge in [-0.1, -0.05) is 60.1 Å². The quantitative estimate of drug-likeness (QED) is 0.683. The van der Waals surface area contributed by atoms with Gasteiger partial charge in [0.05, 0.1) is 12.2 Å². The monoisotopic (exact) mass is 421 g/mol. The normalized spacial score (nSPS) is 21.2. The molecule has 0 amide bonds. The summed E-state index contributed by atoms with van der Waals surface area (Å²) < 4.78 is 5.34. The first-order valence-electron chi connectivity index (χ1n) is 10.2. The van der Waals surface area contributed by atoms with Gasteiger partial charge in [-0.2, -0.15) is 0 Å². The predicted octanol–water partition coefficient (Wildman–Crippen LogP) is 5.26. The average molecular weight is 422 g/mol. The summed E-state index contributed by atoms with van der Waals surface area (Å²) in [5.41, 5.74) is 4.56. The highest BCUT2D eigenvalue weighted by Crippen LogP contribution is 2.47. The number of allylic oxidation sites excluding steroid dienone is 3. The van der Waals surface area contributed by atoms with Crippen LogP contribution in [-0.4, -0.2) is 18.4 Å². The molecule has 2 aliphatic rings. The number of carbonyl (C=O) groups excluding carboxylic acids is 2. The number of nitrogens with one attached hydrogen (secondary N) is 1. The van der Waals surface area contributed by atoms with Gasteiger partial charge < -0.3 is 10.1 Å². The van der Waals surface area contributed by atoms with Gasteiger partial charge in [0.2, 0.25) is 0 Å². The number of hydrogen-bond acceptors (Lipinski definition) is 4. The van der Waals surface area contributed by atoms with Crippen LogP contribution in [0.1, 0.15) is 49.7 Å². The number of rotatable bonds is 4. The molecule has 2 aromatic carbocycles. The maximum Gasteiger partial charge on any atom is 0.336 e. The van der Waals surface area contributed by atoms with Gasteiger partial charge in [-0.05, 0) is 43.4 Å². The fourth-order valence-electron chi connectivity index (χ4n) is 4.50. The summed E-state index contributed by atoms with van der Waals surface area (Å²) in [6.45, 7) is 3.90. The number of dihydropyridines is 1. The van der Waals surface area contributed by atoms with Gasteiger partial charge in [-0.15, -0.1) is 0 Å². The number of benzene rings is 2. The van der Waals surface area contributed by atoms with Crippen molar-refractivity contribution in [3.05, 3.63) is 93.3 Å². The first kappa shape index (κ1) is 20.4. The van der Waals surface area contributed by atoms with E-state index in [0.29, 0.717) is 34.7 Å². The maximum absolute atomic E-state index is 13.4. The Morgan fingerprint density at radius 3 is 2.50 bits per heavy atom. The molecule has 0 radical (unpaired) electrons. The van der Waals surface area contributed by atoms with Crippen LogP contribution in [0.25, 0.3) is 0 Å². The average Bonchev–Trinajstić information content (AvgIpc) is 2.74. The lowest BCUT2D eigenvalue weighted by Gasteiger charge is -2.37. The van der Waals surface area contributed by atoms with Crippen molar-refractivity contribution in [3.63, 3.8) is 0 Å². The Hall–Kier alpha value is -2.85. The molecule has 0 saturated heterocycles. The SMILES string of the molecule is CCOC(=O)C1=C(C)NC2=C(C(=O)C[C@H](c3ccccc3)C2)[C@@H]1c1ccccc1Cl. The minimum atomic E-state index is -0.529. The van der Waals surface area contributed by atoms with E-state index < -0.39 is 11.9 Å². The first-order valence-corrected chi connectivity index (χ1v) is 10.6. The van der Waals surface area contributed by atoms with Crippen LogP contribution in [0.2, 0.25) is 5.02 Å². The zero-order valence-corrected chi connectivity index (χ0v) is 17.8. The number of ketones is 1. The van der Waals surface area contributed by atoms with Gasteiger partial charge in [-0.25, -0.2) is 4.79 Å². The van der Waals surface area contributed by atoms with E-state index in [1.165, 1.54) is 0 Å². The summed E-state index contributed by atoms with van der Waals surface area (Å²) in [6.07, 6.45) is 1.11. The molecule has 0 bridgehead atoms. The van der Waals surface area contributed by atoms with Gasteiger partial charge in [0.1, 0.15) is 0 Å². The topological polar surface area (TPSA) is 55.4 Å². The van der Waals surface area contributed by atoms with E-state index in [1.54, 1.807) is 13.0 Å². The van der Waals surface area contributed by atoms with Crippen molar-refractivity contribution < 1.29 is 14.3 Å². The van der Waals surface area contributed by atoms with Gasteiger partial charge in [0.15, 0.2) is 5.78 Å². The van der Waals surface area contributed by atoms with E-state index in [0.717, 1.165) is 16.8 Å². The maximum atomic E-state index is 13.4. The Morgan fingerprint density at radius 2 is 1.80 bits per heavy atom. The molecule has 0 spiro atoms. The molecular weight excluding hydrogens is 398 g/mol. The van der Waals surface area contributed by atoms with Crippen LogP contribution >= 0.6 is 11.6 Å². The van der Waals surface area contributed by atoms with Crippen LogP contribution < -0.4 is 5.32 Å². The van der Waals surface area contributed by atoms with Crippen molar-refractivity contribution in [2.24, 2.45) is 0 Å². The molecule has 4 rings (SSSR count). The molecule has 0 fully saturated rings. The third-order valence-corrected chi connectivity index (χ3v) is 6.15. The summed E-state index contributed by atoms with van der Waals surface area (Å²) in [5, 5.41) is 3.88. The van der Waals surface area contributed by atoms with Crippen molar-refractivity contribution in [1.82, 2.24) is 5.32 Å². The van der Waals surface area contributed by atoms with Crippen LogP contribution in [0.15, 0.2) is 77.1 Å². The molecule has 4 nitrogen and oxygen atoms in total. The molecule has 1 heterocycles. The fraction of sp³-hybridized carbons (Fsp3) is 0.280. The molecule has 2 aromatic rings. The van der Waals surface area contributed by atoms with E-state index in [9.17, 15) is 9.59 Å². The molecule has 5 heteroatoms. The molecule has 1 aliphatic heterocycles. The second-order valence-corrected chi connectivity index (χ2v) is 8.08. The Labute approximate surface area is 181 Å². The minimum absolute atomic E-state index is 0.0387. The Morgan fingerprint density at radius 1 is 1.10 bits per heavy atom. The lowest BCUT2D eigenvalue weighted by Crippen LogP contribution is -2.36. The summed E-state index contributed by atoms with van der Waals surface area (Å²) in [7, 11) is 0. The third kappa shape index (κ3) is 3.68. The van der Waals surface area contributed by atoms with Crippen molar-refractivity contribution >= 4 is 23.4 Å². The molecule has 154 valence electrons. The van der Waals surface area contributed by atoms with E-state index in [4.69, 9.17) is 16.3 Å². The number of hydrogen-bond donors (Lipinski definition) is 1. The second kappa shape index (κ2) is 8.49. The molecule has 0 unspecified atom stereocenters. The van der Waals surface area contributed by atoms with Crippen LogP contribution in [0.4, 0.5) is 0 Å². The van der Waals surface area contributed by atoms with Gasteiger partial charge in [0.25, 0.3) is 0 Å². The number of carbonyl (C=O) groups is 2. The lowest BCUT2D eigenvalue weighted by molar-refractivity contribution is -0.138. The molecule has 0 aromatic heterocycles. The molecule has 1 aliphatic carbocycles. The number of esters is 1. The zero-order valence-electron chi connectivity index (χ0n) is 17.1. The van der Waals surface area contributed by atoms with E-state index in [2.05, 4.69) is 17.4 Å². The van der Waals surface area contributed by atoms with Crippen molar-refractivity contribution in [2.45, 2.75) is 38.5 Å². The van der Waals surface area contributed by atoms with Crippen molar-refractivity contribution in [2.75, 3.05) is 6.61 Å². The highest BCUT2D eigenvalue weighted by atomic mass is 35.5. The Balaban J connectivity index is 1.82. The van der Waals surface area contributed by atoms with Crippen LogP contribution in [0.3, 0.4) is 0 Å². The van der Waals surface area contributed by atoms with E-state index in [1.807, 2.05) is 43.3 Å². The summed E-state index contributed by atoms with van der Waals surface area (Å²) >= 11 is 6.53. The first-order chi connectivity index (χ1) is 14.5. The number of ether oxygens (including phenoxy) is 1. The minimum Gasteiger partial charge on any atom is -0.463 e. The predicted molar refractivity (Wildman–Crippen MR) is 117 cm³/mol.